The lowest BCUT2D eigenvalue weighted by Gasteiger charge is -2.18. The Labute approximate surface area is 117 Å². The highest BCUT2D eigenvalue weighted by Crippen LogP contribution is 2.30. The number of benzene rings is 3. The lowest BCUT2D eigenvalue weighted by molar-refractivity contribution is 0.177. The summed E-state index contributed by atoms with van der Waals surface area (Å²) < 4.78 is 0. The number of amides is 1. The largest absolute Gasteiger partial charge is 0.457 e. The summed E-state index contributed by atoms with van der Waals surface area (Å²) in [5.41, 5.74) is 0.677. The van der Waals surface area contributed by atoms with E-state index in [0.29, 0.717) is 12.2 Å². The van der Waals surface area contributed by atoms with E-state index in [-0.39, 0.29) is 0 Å². The van der Waals surface area contributed by atoms with Crippen molar-refractivity contribution in [2.24, 2.45) is 0 Å². The number of fused-ring (bicyclic) bond motifs is 2. The average Bonchev–Trinajstić information content (AvgIpc) is 2.46. The fraction of sp³-hybridized carbons (Fsp3) is 0.118. The first kappa shape index (κ1) is 12.5. The predicted octanol–water partition coefficient (Wildman–Crippen LogP) is 4.37. The summed E-state index contributed by atoms with van der Waals surface area (Å²) in [5.74, 6) is 0. The molecular formula is C17H14NO2. The molecular weight excluding hydrogens is 250 g/mol. The van der Waals surface area contributed by atoms with Crippen molar-refractivity contribution in [3.05, 3.63) is 54.6 Å². The molecule has 1 amide bonds. The second-order valence-electron chi connectivity index (χ2n) is 4.71. The first-order chi connectivity index (χ1) is 9.70. The van der Waals surface area contributed by atoms with Crippen LogP contribution >= 0.6 is 0 Å². The summed E-state index contributed by atoms with van der Waals surface area (Å²) in [7, 11) is 0. The van der Waals surface area contributed by atoms with E-state index >= 15 is 0 Å². The van der Waals surface area contributed by atoms with Crippen molar-refractivity contribution in [1.29, 1.82) is 0 Å². The Bertz CT molecular complexity index is 795. The summed E-state index contributed by atoms with van der Waals surface area (Å²) in [6.07, 6.45) is -1.17. The zero-order valence-electron chi connectivity index (χ0n) is 11.2. The van der Waals surface area contributed by atoms with Crippen LogP contribution in [0.15, 0.2) is 54.6 Å². The van der Waals surface area contributed by atoms with Crippen LogP contribution in [-0.2, 0) is 5.11 Å². The van der Waals surface area contributed by atoms with Crippen LogP contribution in [0.25, 0.3) is 21.5 Å². The highest BCUT2D eigenvalue weighted by Gasteiger charge is 2.16. The minimum Gasteiger partial charge on any atom is -0.274 e. The highest BCUT2D eigenvalue weighted by molar-refractivity contribution is 6.06. The van der Waals surface area contributed by atoms with Gasteiger partial charge in [0.05, 0.1) is 5.69 Å². The van der Waals surface area contributed by atoms with Crippen molar-refractivity contribution < 1.29 is 9.90 Å². The molecule has 3 nitrogen and oxygen atoms in total. The van der Waals surface area contributed by atoms with Gasteiger partial charge in [-0.25, -0.2) is 9.90 Å². The number of anilines is 1. The fourth-order valence-corrected chi connectivity index (χ4v) is 2.58. The van der Waals surface area contributed by atoms with E-state index in [4.69, 9.17) is 0 Å². The molecule has 0 unspecified atom stereocenters. The zero-order valence-corrected chi connectivity index (χ0v) is 11.2. The van der Waals surface area contributed by atoms with Gasteiger partial charge in [-0.2, -0.15) is 0 Å². The van der Waals surface area contributed by atoms with E-state index in [9.17, 15) is 9.90 Å². The van der Waals surface area contributed by atoms with Crippen molar-refractivity contribution in [2.75, 3.05) is 11.4 Å². The SMILES string of the molecule is CCN(C([O])=O)c1cccc2cc3ccccc3cc12. The molecule has 3 heteroatoms. The van der Waals surface area contributed by atoms with Crippen LogP contribution in [0.3, 0.4) is 0 Å². The predicted molar refractivity (Wildman–Crippen MR) is 80.6 cm³/mol. The number of nitrogens with zero attached hydrogens (tertiary/aromatic N) is 1. The van der Waals surface area contributed by atoms with Crippen molar-refractivity contribution in [2.45, 2.75) is 6.92 Å². The van der Waals surface area contributed by atoms with Crippen LogP contribution < -0.4 is 4.90 Å². The Morgan fingerprint density at radius 2 is 1.60 bits per heavy atom. The van der Waals surface area contributed by atoms with Crippen LogP contribution in [0.5, 0.6) is 0 Å². The number of hydrogen-bond acceptors (Lipinski definition) is 1. The molecule has 20 heavy (non-hydrogen) atoms. The molecule has 0 fully saturated rings. The van der Waals surface area contributed by atoms with Gasteiger partial charge in [0.15, 0.2) is 0 Å². The zero-order chi connectivity index (χ0) is 14.1. The Balaban J connectivity index is 2.32. The summed E-state index contributed by atoms with van der Waals surface area (Å²) in [4.78, 5) is 12.5. The third-order valence-corrected chi connectivity index (χ3v) is 3.55. The van der Waals surface area contributed by atoms with Gasteiger partial charge in [0.1, 0.15) is 0 Å². The van der Waals surface area contributed by atoms with Gasteiger partial charge < -0.3 is 0 Å². The molecule has 0 aromatic heterocycles. The van der Waals surface area contributed by atoms with Crippen molar-refractivity contribution in [3.63, 3.8) is 0 Å². The molecule has 0 aliphatic heterocycles. The van der Waals surface area contributed by atoms with Crippen molar-refractivity contribution in [1.82, 2.24) is 0 Å². The maximum Gasteiger partial charge on any atom is 0.457 e. The van der Waals surface area contributed by atoms with E-state index in [2.05, 4.69) is 12.1 Å². The molecule has 3 rings (SSSR count). The Hall–Kier alpha value is -2.55. The van der Waals surface area contributed by atoms with Gasteiger partial charge in [-0.3, -0.25) is 4.90 Å². The van der Waals surface area contributed by atoms with E-state index in [1.165, 1.54) is 4.90 Å². The average molecular weight is 264 g/mol. The molecule has 0 N–H and O–H groups in total. The molecule has 1 radical (unpaired) electrons. The molecule has 99 valence electrons. The Morgan fingerprint density at radius 3 is 2.25 bits per heavy atom. The third kappa shape index (κ3) is 1.97. The van der Waals surface area contributed by atoms with Gasteiger partial charge in [0.25, 0.3) is 0 Å². The Kier molecular flexibility index (Phi) is 3.03. The molecule has 3 aromatic carbocycles. The minimum absolute atomic E-state index is 0.369. The van der Waals surface area contributed by atoms with E-state index in [0.717, 1.165) is 21.5 Å². The highest BCUT2D eigenvalue weighted by atomic mass is 16.4. The van der Waals surface area contributed by atoms with Gasteiger partial charge in [-0.1, -0.05) is 36.4 Å². The topological polar surface area (TPSA) is 40.2 Å². The van der Waals surface area contributed by atoms with Gasteiger partial charge in [0.2, 0.25) is 0 Å². The lowest BCUT2D eigenvalue weighted by atomic mass is 10.0. The van der Waals surface area contributed by atoms with Crippen molar-refractivity contribution >= 4 is 33.3 Å². The van der Waals surface area contributed by atoms with Gasteiger partial charge in [-0.05, 0) is 41.3 Å². The van der Waals surface area contributed by atoms with Gasteiger partial charge in [0, 0.05) is 11.9 Å². The number of hydrogen-bond donors (Lipinski definition) is 0. The van der Waals surface area contributed by atoms with Crippen LogP contribution in [0.2, 0.25) is 0 Å². The first-order valence-corrected chi connectivity index (χ1v) is 6.60. The molecule has 0 heterocycles. The van der Waals surface area contributed by atoms with Crippen LogP contribution in [0.1, 0.15) is 6.92 Å². The summed E-state index contributed by atoms with van der Waals surface area (Å²) in [5, 5.41) is 15.5. The van der Waals surface area contributed by atoms with Gasteiger partial charge >= 0.3 is 6.09 Å². The number of carbonyl (C=O) groups excluding carboxylic acids is 1. The second kappa shape index (κ2) is 4.85. The standard InChI is InChI=1S/C17H14NO2/c1-2-18(17(19)20)16-9-5-8-14-10-12-6-3-4-7-13(12)11-15(14)16/h3-11H,2H2,1H3. The number of rotatable bonds is 2. The molecule has 3 aromatic rings. The monoisotopic (exact) mass is 264 g/mol. The fourth-order valence-electron chi connectivity index (χ4n) is 2.58. The van der Waals surface area contributed by atoms with Crippen LogP contribution in [0.4, 0.5) is 10.5 Å². The molecule has 0 atom stereocenters. The van der Waals surface area contributed by atoms with Gasteiger partial charge in [-0.15, -0.1) is 0 Å². The van der Waals surface area contributed by atoms with E-state index in [1.807, 2.05) is 42.5 Å². The maximum atomic E-state index is 11.3. The maximum absolute atomic E-state index is 11.3. The normalized spacial score (nSPS) is 10.8. The molecule has 0 aliphatic carbocycles. The van der Waals surface area contributed by atoms with Crippen molar-refractivity contribution in [3.8, 4) is 0 Å². The molecule has 0 saturated carbocycles. The first-order valence-electron chi connectivity index (χ1n) is 6.60. The van der Waals surface area contributed by atoms with E-state index < -0.39 is 6.09 Å². The second-order valence-corrected chi connectivity index (χ2v) is 4.71. The summed E-state index contributed by atoms with van der Waals surface area (Å²) >= 11 is 0. The molecule has 0 saturated heterocycles. The lowest BCUT2D eigenvalue weighted by Crippen LogP contribution is -2.27. The summed E-state index contributed by atoms with van der Waals surface area (Å²) in [6, 6.07) is 17.9. The quantitative estimate of drug-likeness (QED) is 0.633. The molecule has 0 spiro atoms. The summed E-state index contributed by atoms with van der Waals surface area (Å²) in [6.45, 7) is 2.17. The molecule has 0 bridgehead atoms. The van der Waals surface area contributed by atoms with Crippen LogP contribution in [0, 0.1) is 0 Å². The Morgan fingerprint density at radius 1 is 0.950 bits per heavy atom. The smallest absolute Gasteiger partial charge is 0.274 e. The van der Waals surface area contributed by atoms with Crippen LogP contribution in [-0.4, -0.2) is 12.6 Å². The third-order valence-electron chi connectivity index (χ3n) is 3.55. The molecule has 0 aliphatic rings. The number of carbonyl (C=O) groups is 1. The minimum atomic E-state index is -1.17. The van der Waals surface area contributed by atoms with E-state index in [1.54, 1.807) is 6.92 Å².